The Bertz CT molecular complexity index is 638. The monoisotopic (exact) mass is 289 g/mol. The van der Waals surface area contributed by atoms with E-state index >= 15 is 0 Å². The van der Waals surface area contributed by atoms with E-state index in [1.54, 1.807) is 16.8 Å². The topological polar surface area (TPSA) is 91.0 Å². The lowest BCUT2D eigenvalue weighted by atomic mass is 10.4. The van der Waals surface area contributed by atoms with Gasteiger partial charge in [-0.1, -0.05) is 0 Å². The zero-order chi connectivity index (χ0) is 15.2. The summed E-state index contributed by atoms with van der Waals surface area (Å²) in [4.78, 5) is 4.26. The molecule has 112 valence electrons. The molecule has 21 heavy (non-hydrogen) atoms. The summed E-state index contributed by atoms with van der Waals surface area (Å²) in [5.74, 6) is 1.30. The Balaban J connectivity index is 2.21. The van der Waals surface area contributed by atoms with E-state index in [0.717, 1.165) is 5.82 Å². The van der Waals surface area contributed by atoms with Gasteiger partial charge in [0.25, 0.3) is 0 Å². The van der Waals surface area contributed by atoms with E-state index in [1.165, 1.54) is 0 Å². The highest BCUT2D eigenvalue weighted by atomic mass is 16.5. The Hall–Kier alpha value is -2.46. The molecule has 7 heteroatoms. The van der Waals surface area contributed by atoms with Gasteiger partial charge in [0.1, 0.15) is 24.2 Å². The molecule has 2 aromatic heterocycles. The van der Waals surface area contributed by atoms with Crippen molar-refractivity contribution in [1.82, 2.24) is 14.1 Å². The first-order valence-corrected chi connectivity index (χ1v) is 6.73. The zero-order valence-corrected chi connectivity index (χ0v) is 12.2. The normalized spacial score (nSPS) is 10.5. The van der Waals surface area contributed by atoms with Crippen LogP contribution in [0.15, 0.2) is 18.5 Å². The van der Waals surface area contributed by atoms with E-state index in [9.17, 15) is 5.26 Å². The van der Waals surface area contributed by atoms with E-state index in [-0.39, 0.29) is 0 Å². The van der Waals surface area contributed by atoms with Crippen molar-refractivity contribution in [3.8, 4) is 11.9 Å². The SMILES string of the molecule is CCOCCOc1c(N)cc(C#N)n1Cc1nccn1C. The third-order valence-corrected chi connectivity index (χ3v) is 3.08. The molecule has 0 fully saturated rings. The summed E-state index contributed by atoms with van der Waals surface area (Å²) in [6, 6.07) is 3.74. The predicted octanol–water partition coefficient (Wildman–Crippen LogP) is 1.14. The van der Waals surface area contributed by atoms with Gasteiger partial charge in [0.15, 0.2) is 0 Å². The smallest absolute Gasteiger partial charge is 0.218 e. The lowest BCUT2D eigenvalue weighted by Crippen LogP contribution is -2.13. The molecule has 7 nitrogen and oxygen atoms in total. The molecule has 0 spiro atoms. The lowest BCUT2D eigenvalue weighted by Gasteiger charge is -2.12. The first kappa shape index (κ1) is 14.9. The highest BCUT2D eigenvalue weighted by Crippen LogP contribution is 2.27. The van der Waals surface area contributed by atoms with Crippen molar-refractivity contribution in [3.05, 3.63) is 30.0 Å². The standard InChI is InChI=1S/C14H19N5O2/c1-3-20-6-7-21-14-12(16)8-11(9-15)19(14)10-13-17-4-5-18(13)2/h4-5,8H,3,6-7,10,16H2,1-2H3. The Morgan fingerprint density at radius 3 is 2.86 bits per heavy atom. The summed E-state index contributed by atoms with van der Waals surface area (Å²) in [7, 11) is 1.90. The minimum Gasteiger partial charge on any atom is -0.475 e. The number of hydrogen-bond acceptors (Lipinski definition) is 5. The van der Waals surface area contributed by atoms with Crippen molar-refractivity contribution in [2.45, 2.75) is 13.5 Å². The molecule has 0 aliphatic rings. The van der Waals surface area contributed by atoms with E-state index in [4.69, 9.17) is 15.2 Å². The second-order valence-corrected chi connectivity index (χ2v) is 4.49. The van der Waals surface area contributed by atoms with E-state index in [0.29, 0.717) is 43.6 Å². The van der Waals surface area contributed by atoms with Gasteiger partial charge in [-0.2, -0.15) is 5.26 Å². The lowest BCUT2D eigenvalue weighted by molar-refractivity contribution is 0.107. The van der Waals surface area contributed by atoms with Gasteiger partial charge < -0.3 is 19.8 Å². The summed E-state index contributed by atoms with van der Waals surface area (Å²) in [5, 5.41) is 9.23. The van der Waals surface area contributed by atoms with Crippen molar-refractivity contribution in [2.24, 2.45) is 7.05 Å². The number of rotatable bonds is 7. The first-order chi connectivity index (χ1) is 10.2. The van der Waals surface area contributed by atoms with Gasteiger partial charge in [-0.25, -0.2) is 4.98 Å². The van der Waals surface area contributed by atoms with Gasteiger partial charge in [0.2, 0.25) is 5.88 Å². The van der Waals surface area contributed by atoms with Crippen molar-refractivity contribution < 1.29 is 9.47 Å². The highest BCUT2D eigenvalue weighted by molar-refractivity contribution is 5.55. The Morgan fingerprint density at radius 2 is 2.24 bits per heavy atom. The number of ether oxygens (including phenoxy) is 2. The van der Waals surface area contributed by atoms with Gasteiger partial charge in [0, 0.05) is 32.1 Å². The van der Waals surface area contributed by atoms with Gasteiger partial charge in [-0.05, 0) is 6.92 Å². The summed E-state index contributed by atoms with van der Waals surface area (Å²) < 4.78 is 14.5. The van der Waals surface area contributed by atoms with E-state index < -0.39 is 0 Å². The number of nitrogens with zero attached hydrogens (tertiary/aromatic N) is 4. The molecule has 0 bridgehead atoms. The Labute approximate surface area is 123 Å². The summed E-state index contributed by atoms with van der Waals surface area (Å²) >= 11 is 0. The van der Waals surface area contributed by atoms with Crippen LogP contribution in [-0.4, -0.2) is 33.9 Å². The molecule has 0 amide bonds. The fourth-order valence-electron chi connectivity index (χ4n) is 1.99. The maximum atomic E-state index is 9.23. The summed E-state index contributed by atoms with van der Waals surface area (Å²) in [6.45, 7) is 3.84. The maximum absolute atomic E-state index is 9.23. The number of anilines is 1. The molecule has 2 heterocycles. The molecule has 2 rings (SSSR count). The zero-order valence-electron chi connectivity index (χ0n) is 12.2. The number of imidazole rings is 1. The molecule has 2 aromatic rings. The van der Waals surface area contributed by atoms with Crippen LogP contribution in [0.5, 0.6) is 5.88 Å². The van der Waals surface area contributed by atoms with Crippen molar-refractivity contribution in [1.29, 1.82) is 5.26 Å². The number of nitrogens with two attached hydrogens (primary N) is 1. The Morgan fingerprint density at radius 1 is 1.43 bits per heavy atom. The molecule has 0 aliphatic carbocycles. The fraction of sp³-hybridized carbons (Fsp3) is 0.429. The number of aryl methyl sites for hydroxylation is 1. The van der Waals surface area contributed by atoms with Gasteiger partial charge in [-0.15, -0.1) is 0 Å². The third-order valence-electron chi connectivity index (χ3n) is 3.08. The molecule has 0 aromatic carbocycles. The van der Waals surface area contributed by atoms with Crippen LogP contribution in [0.4, 0.5) is 5.69 Å². The second kappa shape index (κ2) is 6.81. The quantitative estimate of drug-likeness (QED) is 0.772. The minimum absolute atomic E-state index is 0.382. The molecular weight excluding hydrogens is 270 g/mol. The predicted molar refractivity (Wildman–Crippen MR) is 77.9 cm³/mol. The average Bonchev–Trinajstić information content (AvgIpc) is 3.01. The number of nitrogen functional groups attached to an aromatic ring is 1. The molecule has 0 saturated heterocycles. The summed E-state index contributed by atoms with van der Waals surface area (Å²) in [5.41, 5.74) is 6.82. The van der Waals surface area contributed by atoms with Crippen LogP contribution < -0.4 is 10.5 Å². The molecule has 2 N–H and O–H groups in total. The summed E-state index contributed by atoms with van der Waals surface area (Å²) in [6.07, 6.45) is 3.56. The largest absolute Gasteiger partial charge is 0.475 e. The van der Waals surface area contributed by atoms with Crippen molar-refractivity contribution in [3.63, 3.8) is 0 Å². The van der Waals surface area contributed by atoms with Crippen LogP contribution in [0.1, 0.15) is 18.4 Å². The van der Waals surface area contributed by atoms with E-state index in [2.05, 4.69) is 11.1 Å². The number of nitriles is 1. The average molecular weight is 289 g/mol. The first-order valence-electron chi connectivity index (χ1n) is 6.73. The third kappa shape index (κ3) is 3.35. The van der Waals surface area contributed by atoms with Crippen LogP contribution in [0.25, 0.3) is 0 Å². The molecule has 0 radical (unpaired) electrons. The van der Waals surface area contributed by atoms with Crippen LogP contribution in [0, 0.1) is 11.3 Å². The van der Waals surface area contributed by atoms with Gasteiger partial charge in [-0.3, -0.25) is 4.57 Å². The highest BCUT2D eigenvalue weighted by Gasteiger charge is 2.16. The maximum Gasteiger partial charge on any atom is 0.218 e. The molecular formula is C14H19N5O2. The van der Waals surface area contributed by atoms with Crippen LogP contribution >= 0.6 is 0 Å². The van der Waals surface area contributed by atoms with Gasteiger partial charge >= 0.3 is 0 Å². The Kier molecular flexibility index (Phi) is 4.85. The van der Waals surface area contributed by atoms with Crippen molar-refractivity contribution >= 4 is 5.69 Å². The van der Waals surface area contributed by atoms with Crippen molar-refractivity contribution in [2.75, 3.05) is 25.6 Å². The van der Waals surface area contributed by atoms with E-state index in [1.807, 2.05) is 24.7 Å². The molecule has 0 aliphatic heterocycles. The minimum atomic E-state index is 0.382. The van der Waals surface area contributed by atoms with Gasteiger partial charge in [0.05, 0.1) is 18.8 Å². The molecule has 0 atom stereocenters. The van der Waals surface area contributed by atoms with Crippen LogP contribution in [-0.2, 0) is 18.3 Å². The second-order valence-electron chi connectivity index (χ2n) is 4.49. The van der Waals surface area contributed by atoms with Crippen LogP contribution in [0.3, 0.4) is 0 Å². The molecule has 0 unspecified atom stereocenters. The fourth-order valence-corrected chi connectivity index (χ4v) is 1.99. The number of hydrogen-bond donors (Lipinski definition) is 1. The number of aromatic nitrogens is 3. The van der Waals surface area contributed by atoms with Crippen LogP contribution in [0.2, 0.25) is 0 Å². The molecule has 0 saturated carbocycles.